The molecule has 1 saturated carbocycles. The van der Waals surface area contributed by atoms with E-state index in [-0.39, 0.29) is 0 Å². The van der Waals surface area contributed by atoms with Gasteiger partial charge in [0, 0.05) is 22.3 Å². The average Bonchev–Trinajstić information content (AvgIpc) is 2.63. The Balaban J connectivity index is 1.82. The van der Waals surface area contributed by atoms with Crippen molar-refractivity contribution >= 4 is 11.3 Å². The molecule has 0 atom stereocenters. The number of hydrogen-bond acceptors (Lipinski definition) is 3. The lowest BCUT2D eigenvalue weighted by molar-refractivity contribution is 0.0309. The van der Waals surface area contributed by atoms with Crippen LogP contribution in [0.15, 0.2) is 6.07 Å². The molecule has 1 aromatic heterocycles. The van der Waals surface area contributed by atoms with Gasteiger partial charge in [-0.05, 0) is 31.4 Å². The van der Waals surface area contributed by atoms with Crippen LogP contribution in [0.25, 0.3) is 0 Å². The topological polar surface area (TPSA) is 21.3 Å². The SMILES string of the molecule is Cc1sc(CNC(C)C)cc1COC1CCCCCC1. The average molecular weight is 295 g/mol. The van der Waals surface area contributed by atoms with E-state index in [2.05, 4.69) is 32.2 Å². The van der Waals surface area contributed by atoms with Crippen LogP contribution in [0.3, 0.4) is 0 Å². The van der Waals surface area contributed by atoms with Crippen LogP contribution < -0.4 is 5.32 Å². The van der Waals surface area contributed by atoms with Gasteiger partial charge in [-0.3, -0.25) is 0 Å². The van der Waals surface area contributed by atoms with Crippen LogP contribution in [0.4, 0.5) is 0 Å². The van der Waals surface area contributed by atoms with Crippen LogP contribution in [0, 0.1) is 6.92 Å². The molecule has 3 heteroatoms. The molecule has 1 fully saturated rings. The van der Waals surface area contributed by atoms with Gasteiger partial charge in [-0.1, -0.05) is 39.5 Å². The van der Waals surface area contributed by atoms with Gasteiger partial charge in [0.05, 0.1) is 12.7 Å². The molecule has 0 amide bonds. The largest absolute Gasteiger partial charge is 0.374 e. The summed E-state index contributed by atoms with van der Waals surface area (Å²) in [5.74, 6) is 0. The predicted molar refractivity (Wildman–Crippen MR) is 87.3 cm³/mol. The summed E-state index contributed by atoms with van der Waals surface area (Å²) in [6.45, 7) is 8.38. The van der Waals surface area contributed by atoms with Gasteiger partial charge in [-0.25, -0.2) is 0 Å². The summed E-state index contributed by atoms with van der Waals surface area (Å²) in [6, 6.07) is 2.87. The van der Waals surface area contributed by atoms with Crippen molar-refractivity contribution < 1.29 is 4.74 Å². The van der Waals surface area contributed by atoms with Gasteiger partial charge >= 0.3 is 0 Å². The zero-order chi connectivity index (χ0) is 14.4. The molecule has 1 heterocycles. The van der Waals surface area contributed by atoms with E-state index in [1.165, 1.54) is 53.8 Å². The normalized spacial score (nSPS) is 17.6. The van der Waals surface area contributed by atoms with Crippen molar-refractivity contribution in [2.75, 3.05) is 0 Å². The molecule has 0 saturated heterocycles. The van der Waals surface area contributed by atoms with Crippen molar-refractivity contribution in [3.63, 3.8) is 0 Å². The molecular weight excluding hydrogens is 266 g/mol. The van der Waals surface area contributed by atoms with E-state index in [4.69, 9.17) is 4.74 Å². The second-order valence-corrected chi connectivity index (χ2v) is 7.60. The quantitative estimate of drug-likeness (QED) is 0.762. The van der Waals surface area contributed by atoms with Gasteiger partial charge in [0.1, 0.15) is 0 Å². The third-order valence-corrected chi connectivity index (χ3v) is 5.13. The van der Waals surface area contributed by atoms with Crippen LogP contribution in [0.1, 0.15) is 67.7 Å². The molecule has 2 nitrogen and oxygen atoms in total. The van der Waals surface area contributed by atoms with Crippen molar-refractivity contribution in [1.29, 1.82) is 0 Å². The molecule has 1 aliphatic rings. The van der Waals surface area contributed by atoms with E-state index in [9.17, 15) is 0 Å². The Labute approximate surface area is 127 Å². The molecule has 20 heavy (non-hydrogen) atoms. The highest BCUT2D eigenvalue weighted by Gasteiger charge is 2.14. The van der Waals surface area contributed by atoms with Crippen LogP contribution in [-0.2, 0) is 17.9 Å². The third kappa shape index (κ3) is 5.19. The minimum atomic E-state index is 0.494. The van der Waals surface area contributed by atoms with E-state index in [1.807, 2.05) is 11.3 Å². The Morgan fingerprint density at radius 3 is 2.60 bits per heavy atom. The molecule has 2 rings (SSSR count). The van der Waals surface area contributed by atoms with Crippen molar-refractivity contribution in [3.05, 3.63) is 21.4 Å². The summed E-state index contributed by atoms with van der Waals surface area (Å²) in [5, 5.41) is 3.49. The molecule has 0 unspecified atom stereocenters. The van der Waals surface area contributed by atoms with Crippen molar-refractivity contribution in [1.82, 2.24) is 5.32 Å². The van der Waals surface area contributed by atoms with Crippen LogP contribution in [-0.4, -0.2) is 12.1 Å². The maximum atomic E-state index is 6.16. The molecule has 0 radical (unpaired) electrons. The number of ether oxygens (including phenoxy) is 1. The molecule has 0 aromatic carbocycles. The fourth-order valence-electron chi connectivity index (χ4n) is 2.74. The summed E-state index contributed by atoms with van der Waals surface area (Å²) in [6.07, 6.45) is 8.47. The third-order valence-electron chi connectivity index (χ3n) is 4.03. The van der Waals surface area contributed by atoms with Gasteiger partial charge < -0.3 is 10.1 Å². The fraction of sp³-hybridized carbons (Fsp3) is 0.765. The van der Waals surface area contributed by atoms with Gasteiger partial charge in [0.15, 0.2) is 0 Å². The van der Waals surface area contributed by atoms with Crippen LogP contribution in [0.2, 0.25) is 0 Å². The summed E-state index contributed by atoms with van der Waals surface area (Å²) < 4.78 is 6.16. The van der Waals surface area contributed by atoms with Gasteiger partial charge in [0.2, 0.25) is 0 Å². The molecule has 0 aliphatic heterocycles. The molecule has 1 N–H and O–H groups in total. The monoisotopic (exact) mass is 295 g/mol. The van der Waals surface area contributed by atoms with Crippen LogP contribution >= 0.6 is 11.3 Å². The van der Waals surface area contributed by atoms with E-state index in [1.54, 1.807) is 0 Å². The van der Waals surface area contributed by atoms with Crippen LogP contribution in [0.5, 0.6) is 0 Å². The standard InChI is InChI=1S/C17H29NOS/c1-13(2)18-11-17-10-15(14(3)20-17)12-19-16-8-6-4-5-7-9-16/h10,13,16,18H,4-9,11-12H2,1-3H3. The first-order valence-corrected chi connectivity index (χ1v) is 8.90. The Hall–Kier alpha value is -0.380. The van der Waals surface area contributed by atoms with Gasteiger partial charge in [-0.2, -0.15) is 0 Å². The number of thiophene rings is 1. The maximum absolute atomic E-state index is 6.16. The number of nitrogens with one attached hydrogen (secondary N) is 1. The van der Waals surface area contributed by atoms with Crippen molar-refractivity contribution in [2.45, 2.75) is 84.6 Å². The smallest absolute Gasteiger partial charge is 0.0731 e. The molecular formula is C17H29NOS. The summed E-state index contributed by atoms with van der Waals surface area (Å²) in [5.41, 5.74) is 1.39. The molecule has 114 valence electrons. The minimum Gasteiger partial charge on any atom is -0.374 e. The van der Waals surface area contributed by atoms with E-state index >= 15 is 0 Å². The molecule has 1 aliphatic carbocycles. The molecule has 1 aromatic rings. The minimum absolute atomic E-state index is 0.494. The fourth-order valence-corrected chi connectivity index (χ4v) is 3.74. The lowest BCUT2D eigenvalue weighted by atomic mass is 10.1. The Morgan fingerprint density at radius 2 is 1.95 bits per heavy atom. The van der Waals surface area contributed by atoms with Gasteiger partial charge in [-0.15, -0.1) is 11.3 Å². The summed E-state index contributed by atoms with van der Waals surface area (Å²) in [4.78, 5) is 2.84. The Morgan fingerprint density at radius 1 is 1.25 bits per heavy atom. The first-order chi connectivity index (χ1) is 9.65. The Bertz CT molecular complexity index is 392. The second-order valence-electron chi connectivity index (χ2n) is 6.25. The summed E-state index contributed by atoms with van der Waals surface area (Å²) in [7, 11) is 0. The van der Waals surface area contributed by atoms with Gasteiger partial charge in [0.25, 0.3) is 0 Å². The number of rotatable bonds is 6. The predicted octanol–water partition coefficient (Wildman–Crippen LogP) is 4.79. The van der Waals surface area contributed by atoms with Crippen molar-refractivity contribution in [3.8, 4) is 0 Å². The van der Waals surface area contributed by atoms with Crippen molar-refractivity contribution in [2.24, 2.45) is 0 Å². The zero-order valence-electron chi connectivity index (χ0n) is 13.2. The number of hydrogen-bond donors (Lipinski definition) is 1. The lowest BCUT2D eigenvalue weighted by Crippen LogP contribution is -2.21. The van der Waals surface area contributed by atoms with E-state index in [0.717, 1.165) is 13.2 Å². The number of aryl methyl sites for hydroxylation is 1. The van der Waals surface area contributed by atoms with E-state index < -0.39 is 0 Å². The summed E-state index contributed by atoms with van der Waals surface area (Å²) >= 11 is 1.90. The molecule has 0 bridgehead atoms. The highest BCUT2D eigenvalue weighted by Crippen LogP contribution is 2.25. The second kappa shape index (κ2) is 8.16. The van der Waals surface area contributed by atoms with E-state index in [0.29, 0.717) is 12.1 Å². The highest BCUT2D eigenvalue weighted by molar-refractivity contribution is 7.12. The maximum Gasteiger partial charge on any atom is 0.0731 e. The first kappa shape index (κ1) is 16.0. The highest BCUT2D eigenvalue weighted by atomic mass is 32.1. The molecule has 0 spiro atoms. The first-order valence-electron chi connectivity index (χ1n) is 8.08. The Kier molecular flexibility index (Phi) is 6.53. The zero-order valence-corrected chi connectivity index (χ0v) is 14.0. The lowest BCUT2D eigenvalue weighted by Gasteiger charge is -2.15.